The van der Waals surface area contributed by atoms with Crippen LogP contribution in [0.25, 0.3) is 0 Å². The van der Waals surface area contributed by atoms with Gasteiger partial charge in [-0.2, -0.15) is 0 Å². The Labute approximate surface area is 349 Å². The topological polar surface area (TPSA) is 101 Å². The minimum atomic E-state index is -0.445. The van der Waals surface area contributed by atoms with E-state index in [1.807, 2.05) is 11.9 Å². The second-order valence-corrected chi connectivity index (χ2v) is 16.2. The maximum Gasteiger partial charge on any atom is 0.323 e. The van der Waals surface area contributed by atoms with Gasteiger partial charge < -0.3 is 23.7 Å². The molecule has 1 saturated heterocycles. The molecule has 57 heavy (non-hydrogen) atoms. The molecule has 0 spiro atoms. The van der Waals surface area contributed by atoms with E-state index in [1.54, 1.807) is 0 Å². The second kappa shape index (κ2) is 39.2. The summed E-state index contributed by atoms with van der Waals surface area (Å²) in [6.45, 7) is 8.84. The first-order chi connectivity index (χ1) is 27.9. The summed E-state index contributed by atoms with van der Waals surface area (Å²) >= 11 is 0. The Bertz CT molecular complexity index is 998. The Morgan fingerprint density at radius 1 is 0.579 bits per heavy atom. The first kappa shape index (κ1) is 52.8. The lowest BCUT2D eigenvalue weighted by Gasteiger charge is -2.21. The van der Waals surface area contributed by atoms with Gasteiger partial charge in [0.15, 0.2) is 6.29 Å². The number of rotatable bonds is 40. The molecule has 0 amide bonds. The first-order valence-electron chi connectivity index (χ1n) is 23.6. The van der Waals surface area contributed by atoms with Crippen molar-refractivity contribution in [3.05, 3.63) is 24.3 Å². The van der Waals surface area contributed by atoms with Crippen molar-refractivity contribution < 1.29 is 38.1 Å². The van der Waals surface area contributed by atoms with Crippen molar-refractivity contribution >= 4 is 17.9 Å². The number of nitrogens with zero attached hydrogens (tertiary/aromatic N) is 1. The average molecular weight is 806 g/mol. The smallest absolute Gasteiger partial charge is 0.323 e. The van der Waals surface area contributed by atoms with Crippen LogP contribution in [0.4, 0.5) is 0 Å². The Morgan fingerprint density at radius 3 is 1.61 bits per heavy atom. The van der Waals surface area contributed by atoms with Crippen LogP contribution in [0, 0.1) is 5.92 Å². The van der Waals surface area contributed by atoms with Crippen molar-refractivity contribution in [3.8, 4) is 0 Å². The number of unbranched alkanes of at least 4 members (excludes halogenated alkanes) is 18. The summed E-state index contributed by atoms with van der Waals surface area (Å²) in [6.07, 6.45) is 37.8. The third-order valence-electron chi connectivity index (χ3n) is 10.7. The number of allylic oxidation sites excluding steroid dienone is 4. The summed E-state index contributed by atoms with van der Waals surface area (Å²) < 4.78 is 29.1. The fraction of sp³-hybridized carbons (Fsp3) is 0.854. The molecule has 0 radical (unpaired) electrons. The molecule has 1 aliphatic heterocycles. The number of esters is 3. The zero-order valence-corrected chi connectivity index (χ0v) is 37.3. The predicted octanol–water partition coefficient (Wildman–Crippen LogP) is 12.0. The van der Waals surface area contributed by atoms with Gasteiger partial charge in [0.05, 0.1) is 12.3 Å². The van der Waals surface area contributed by atoms with Crippen LogP contribution in [0.2, 0.25) is 0 Å². The van der Waals surface area contributed by atoms with Gasteiger partial charge in [-0.15, -0.1) is 0 Å². The van der Waals surface area contributed by atoms with Gasteiger partial charge in [-0.25, -0.2) is 0 Å². The van der Waals surface area contributed by atoms with Crippen LogP contribution in [0.1, 0.15) is 201 Å². The molecule has 332 valence electrons. The number of likely N-dealkylation sites (tertiary alicyclic amines) is 1. The van der Waals surface area contributed by atoms with E-state index in [1.165, 1.54) is 77.0 Å². The zero-order chi connectivity index (χ0) is 41.4. The average Bonchev–Trinajstić information content (AvgIpc) is 3.65. The minimum Gasteiger partial charge on any atom is -0.465 e. The number of ether oxygens (including phenoxy) is 5. The summed E-state index contributed by atoms with van der Waals surface area (Å²) in [5.74, 6) is -1.36. The summed E-state index contributed by atoms with van der Waals surface area (Å²) in [6, 6.07) is -0.265. The van der Waals surface area contributed by atoms with Crippen LogP contribution >= 0.6 is 0 Å². The molecule has 0 aromatic heterocycles. The summed E-state index contributed by atoms with van der Waals surface area (Å²) in [5.41, 5.74) is 0. The maximum atomic E-state index is 12.9. The van der Waals surface area contributed by atoms with E-state index in [2.05, 4.69) is 45.1 Å². The second-order valence-electron chi connectivity index (χ2n) is 16.2. The Hall–Kier alpha value is -2.23. The summed E-state index contributed by atoms with van der Waals surface area (Å²) in [7, 11) is 1.93. The number of likely N-dealkylation sites (N-methyl/N-ethyl adjacent to an activating group) is 1. The molecule has 0 bridgehead atoms. The Balaban J connectivity index is 2.48. The monoisotopic (exact) mass is 806 g/mol. The van der Waals surface area contributed by atoms with Gasteiger partial charge >= 0.3 is 17.9 Å². The summed E-state index contributed by atoms with van der Waals surface area (Å²) in [4.78, 5) is 40.4. The van der Waals surface area contributed by atoms with Gasteiger partial charge in [0.2, 0.25) is 0 Å². The fourth-order valence-electron chi connectivity index (χ4n) is 6.94. The zero-order valence-electron chi connectivity index (χ0n) is 37.3. The maximum absolute atomic E-state index is 12.9. The highest BCUT2D eigenvalue weighted by molar-refractivity contribution is 5.76. The Morgan fingerprint density at radius 2 is 1.05 bits per heavy atom. The molecule has 0 aromatic carbocycles. The van der Waals surface area contributed by atoms with E-state index in [9.17, 15) is 14.4 Å². The standard InChI is InChI=1S/C48H87NO8/c1-5-8-11-14-17-18-19-20-21-22-23-24-25-26-29-34-45(50)55-40-43(42-57-48(52)44-33-32-37-49(44)4)41-56-46(51)35-36-47(53-38-30-27-15-12-9-6-2)54-39-31-28-16-13-10-7-3/h17-18,20-21,43-44,47H,5-16,19,22-42H2,1-4H3/t43?,44-/m0/s1. The van der Waals surface area contributed by atoms with Crippen molar-refractivity contribution in [1.29, 1.82) is 0 Å². The Kier molecular flexibility index (Phi) is 36.3. The molecular formula is C48H87NO8. The molecule has 0 aromatic rings. The third kappa shape index (κ3) is 32.3. The van der Waals surface area contributed by atoms with Gasteiger partial charge in [-0.3, -0.25) is 19.3 Å². The molecule has 1 aliphatic rings. The van der Waals surface area contributed by atoms with Crippen LogP contribution in [-0.2, 0) is 38.1 Å². The molecule has 9 nitrogen and oxygen atoms in total. The van der Waals surface area contributed by atoms with Crippen molar-refractivity contribution in [3.63, 3.8) is 0 Å². The van der Waals surface area contributed by atoms with Gasteiger partial charge in [-0.05, 0) is 77.8 Å². The highest BCUT2D eigenvalue weighted by Gasteiger charge is 2.30. The van der Waals surface area contributed by atoms with Crippen LogP contribution in [0.3, 0.4) is 0 Å². The number of carbonyl (C=O) groups is 3. The number of hydrogen-bond acceptors (Lipinski definition) is 9. The molecule has 9 heteroatoms. The lowest BCUT2D eigenvalue weighted by atomic mass is 10.1. The highest BCUT2D eigenvalue weighted by Crippen LogP contribution is 2.18. The molecule has 1 fully saturated rings. The van der Waals surface area contributed by atoms with E-state index in [0.717, 1.165) is 90.0 Å². The van der Waals surface area contributed by atoms with Crippen molar-refractivity contribution in [2.45, 2.75) is 213 Å². The molecule has 0 aliphatic carbocycles. The van der Waals surface area contributed by atoms with E-state index in [4.69, 9.17) is 23.7 Å². The molecule has 1 heterocycles. The van der Waals surface area contributed by atoms with Gasteiger partial charge in [0, 0.05) is 26.1 Å². The molecule has 1 unspecified atom stereocenters. The van der Waals surface area contributed by atoms with E-state index in [0.29, 0.717) is 26.1 Å². The van der Waals surface area contributed by atoms with E-state index < -0.39 is 12.2 Å². The van der Waals surface area contributed by atoms with Gasteiger partial charge in [0.25, 0.3) is 0 Å². The van der Waals surface area contributed by atoms with Gasteiger partial charge in [-0.1, -0.05) is 141 Å². The highest BCUT2D eigenvalue weighted by atomic mass is 16.7. The third-order valence-corrected chi connectivity index (χ3v) is 10.7. The van der Waals surface area contributed by atoms with Crippen molar-refractivity contribution in [1.82, 2.24) is 4.90 Å². The fourth-order valence-corrected chi connectivity index (χ4v) is 6.94. The molecule has 0 N–H and O–H groups in total. The quantitative estimate of drug-likeness (QED) is 0.0197. The molecule has 2 atom stereocenters. The lowest BCUT2D eigenvalue weighted by molar-refractivity contribution is -0.162. The van der Waals surface area contributed by atoms with Crippen LogP contribution in [0.15, 0.2) is 24.3 Å². The van der Waals surface area contributed by atoms with E-state index in [-0.39, 0.29) is 50.2 Å². The minimum absolute atomic E-state index is 0.00545. The molecule has 1 rings (SSSR count). The number of hydrogen-bond donors (Lipinski definition) is 0. The van der Waals surface area contributed by atoms with Crippen LogP contribution in [-0.4, -0.2) is 81.8 Å². The predicted molar refractivity (Wildman–Crippen MR) is 233 cm³/mol. The largest absolute Gasteiger partial charge is 0.465 e. The van der Waals surface area contributed by atoms with Gasteiger partial charge in [0.1, 0.15) is 25.9 Å². The molecule has 0 saturated carbocycles. The summed E-state index contributed by atoms with van der Waals surface area (Å²) in [5, 5.41) is 0. The lowest BCUT2D eigenvalue weighted by Crippen LogP contribution is -2.36. The van der Waals surface area contributed by atoms with Crippen molar-refractivity contribution in [2.75, 3.05) is 46.6 Å². The molecular weight excluding hydrogens is 719 g/mol. The van der Waals surface area contributed by atoms with Crippen molar-refractivity contribution in [2.24, 2.45) is 5.92 Å². The first-order valence-corrected chi connectivity index (χ1v) is 23.6. The van der Waals surface area contributed by atoms with Crippen LogP contribution < -0.4 is 0 Å². The van der Waals surface area contributed by atoms with E-state index >= 15 is 0 Å². The number of carbonyl (C=O) groups excluding carboxylic acids is 3. The normalized spacial score (nSPS) is 15.3. The SMILES string of the molecule is CCCCCC=CCC=CCCCCCCCC(=O)OCC(COC(=O)CCC(OCCCCCCCC)OCCCCCCCC)COC(=O)[C@@H]1CCCN1C. The van der Waals surface area contributed by atoms with Crippen LogP contribution in [0.5, 0.6) is 0 Å².